The Bertz CT molecular complexity index is 1360. The lowest BCUT2D eigenvalue weighted by Gasteiger charge is -2.35. The number of hydrogen-bond donors (Lipinski definition) is 3. The molecule has 12 nitrogen and oxygen atoms in total. The third kappa shape index (κ3) is 4.07. The summed E-state index contributed by atoms with van der Waals surface area (Å²) in [5.41, 5.74) is 2.12. The Hall–Kier alpha value is -4.29. The fourth-order valence-corrected chi connectivity index (χ4v) is 4.06. The third-order valence-electron chi connectivity index (χ3n) is 5.71. The third-order valence-corrected chi connectivity index (χ3v) is 6.11. The van der Waals surface area contributed by atoms with Crippen LogP contribution in [0.15, 0.2) is 18.3 Å². The maximum atomic E-state index is 11.2. The number of imidazole rings is 1. The van der Waals surface area contributed by atoms with Crippen molar-refractivity contribution < 1.29 is 9.90 Å². The normalized spacial score (nSPS) is 15.6. The van der Waals surface area contributed by atoms with Gasteiger partial charge in [-0.05, 0) is 25.0 Å². The highest BCUT2D eigenvalue weighted by Crippen LogP contribution is 2.36. The molecule has 0 atom stereocenters. The molecule has 1 amide bonds. The van der Waals surface area contributed by atoms with Gasteiger partial charge in [0.15, 0.2) is 17.2 Å². The van der Waals surface area contributed by atoms with Gasteiger partial charge < -0.3 is 25.5 Å². The standard InChI is InChI=1S/C21H19ClN10O2/c22-17-15(7-12(9-23)8-16(17)30-3-5-31(6-4-30)21(33)34)27-20-28-18(26-13-1-2-13)19-25-11-14(10-24)32(19)29-20/h7-8,11,13H,1-6H2,(H,33,34)(H2,26,27,28,29). The summed E-state index contributed by atoms with van der Waals surface area (Å²) >= 11 is 6.72. The van der Waals surface area contributed by atoms with Crippen LogP contribution in [0, 0.1) is 22.7 Å². The van der Waals surface area contributed by atoms with Crippen molar-refractivity contribution in [2.24, 2.45) is 0 Å². The van der Waals surface area contributed by atoms with Crippen LogP contribution in [0.25, 0.3) is 5.65 Å². The topological polar surface area (TPSA) is 158 Å². The summed E-state index contributed by atoms with van der Waals surface area (Å²) in [5.74, 6) is 0.683. The monoisotopic (exact) mass is 478 g/mol. The van der Waals surface area contributed by atoms with Crippen molar-refractivity contribution in [1.29, 1.82) is 10.5 Å². The minimum absolute atomic E-state index is 0.184. The maximum Gasteiger partial charge on any atom is 0.407 e. The summed E-state index contributed by atoms with van der Waals surface area (Å²) in [6, 6.07) is 7.78. The van der Waals surface area contributed by atoms with Crippen molar-refractivity contribution >= 4 is 46.5 Å². The van der Waals surface area contributed by atoms with Gasteiger partial charge in [-0.15, -0.1) is 5.10 Å². The highest BCUT2D eigenvalue weighted by atomic mass is 35.5. The predicted octanol–water partition coefficient (Wildman–Crippen LogP) is 2.64. The molecule has 13 heteroatoms. The molecule has 1 saturated heterocycles. The van der Waals surface area contributed by atoms with E-state index in [4.69, 9.17) is 11.6 Å². The van der Waals surface area contributed by atoms with Gasteiger partial charge in [0.2, 0.25) is 5.95 Å². The van der Waals surface area contributed by atoms with Gasteiger partial charge >= 0.3 is 6.09 Å². The van der Waals surface area contributed by atoms with Crippen LogP contribution in [0.5, 0.6) is 0 Å². The van der Waals surface area contributed by atoms with Gasteiger partial charge in [-0.3, -0.25) is 0 Å². The number of piperazine rings is 1. The van der Waals surface area contributed by atoms with E-state index in [1.54, 1.807) is 12.1 Å². The van der Waals surface area contributed by atoms with Crippen LogP contribution in [-0.2, 0) is 0 Å². The van der Waals surface area contributed by atoms with Crippen molar-refractivity contribution in [3.8, 4) is 12.1 Å². The average Bonchev–Trinajstić information content (AvgIpc) is 3.56. The van der Waals surface area contributed by atoms with Crippen molar-refractivity contribution in [3.05, 3.63) is 34.6 Å². The van der Waals surface area contributed by atoms with E-state index in [-0.39, 0.29) is 11.6 Å². The Morgan fingerprint density at radius 1 is 1.18 bits per heavy atom. The van der Waals surface area contributed by atoms with Gasteiger partial charge in [-0.25, -0.2) is 9.78 Å². The van der Waals surface area contributed by atoms with Gasteiger partial charge in [0, 0.05) is 32.2 Å². The van der Waals surface area contributed by atoms with Crippen LogP contribution in [0.3, 0.4) is 0 Å². The predicted molar refractivity (Wildman–Crippen MR) is 123 cm³/mol. The largest absolute Gasteiger partial charge is 0.465 e. The first-order valence-electron chi connectivity index (χ1n) is 10.6. The van der Waals surface area contributed by atoms with E-state index in [1.807, 2.05) is 4.90 Å². The van der Waals surface area contributed by atoms with Crippen LogP contribution >= 0.6 is 11.6 Å². The first-order valence-corrected chi connectivity index (χ1v) is 11.0. The van der Waals surface area contributed by atoms with Crippen molar-refractivity contribution in [3.63, 3.8) is 0 Å². The summed E-state index contributed by atoms with van der Waals surface area (Å²) in [6.45, 7) is 1.55. The van der Waals surface area contributed by atoms with E-state index in [0.29, 0.717) is 65.6 Å². The molecule has 2 aromatic heterocycles. The molecule has 0 spiro atoms. The average molecular weight is 479 g/mol. The molecule has 1 aliphatic heterocycles. The number of amides is 1. The van der Waals surface area contributed by atoms with Crippen LogP contribution in [0.2, 0.25) is 5.02 Å². The summed E-state index contributed by atoms with van der Waals surface area (Å²) in [4.78, 5) is 23.3. The zero-order valence-corrected chi connectivity index (χ0v) is 18.6. The van der Waals surface area contributed by atoms with Crippen molar-refractivity contribution in [2.45, 2.75) is 18.9 Å². The highest BCUT2D eigenvalue weighted by molar-refractivity contribution is 6.36. The second kappa shape index (κ2) is 8.57. The number of rotatable bonds is 5. The molecule has 0 bridgehead atoms. The van der Waals surface area contributed by atoms with Crippen molar-refractivity contribution in [1.82, 2.24) is 24.5 Å². The lowest BCUT2D eigenvalue weighted by molar-refractivity contribution is 0.142. The van der Waals surface area contributed by atoms with Crippen LogP contribution in [0.1, 0.15) is 24.1 Å². The second-order valence-electron chi connectivity index (χ2n) is 8.04. The molecule has 2 aliphatic rings. The number of aromatic nitrogens is 4. The number of halogens is 1. The number of anilines is 4. The van der Waals surface area contributed by atoms with Crippen LogP contribution in [-0.4, -0.2) is 67.9 Å². The first kappa shape index (κ1) is 21.6. The molecular formula is C21H19ClN10O2. The van der Waals surface area contributed by atoms with E-state index < -0.39 is 6.09 Å². The number of fused-ring (bicyclic) bond motifs is 1. The van der Waals surface area contributed by atoms with E-state index in [1.165, 1.54) is 15.6 Å². The number of hydrogen-bond acceptors (Lipinski definition) is 9. The van der Waals surface area contributed by atoms with E-state index in [0.717, 1.165) is 12.8 Å². The minimum atomic E-state index is -0.960. The fraction of sp³-hybridized carbons (Fsp3) is 0.333. The Morgan fingerprint density at radius 3 is 2.59 bits per heavy atom. The van der Waals surface area contributed by atoms with E-state index in [9.17, 15) is 20.4 Å². The lowest BCUT2D eigenvalue weighted by Crippen LogP contribution is -2.48. The SMILES string of the molecule is N#Cc1cc(Nc2nc(NC3CC3)c3ncc(C#N)n3n2)c(Cl)c(N2CCN(C(=O)O)CC2)c1. The molecule has 5 rings (SSSR count). The molecular weight excluding hydrogens is 460 g/mol. The van der Waals surface area contributed by atoms with E-state index >= 15 is 0 Å². The molecule has 3 N–H and O–H groups in total. The van der Waals surface area contributed by atoms with Crippen LogP contribution < -0.4 is 15.5 Å². The summed E-state index contributed by atoms with van der Waals surface area (Å²) < 4.78 is 1.41. The lowest BCUT2D eigenvalue weighted by atomic mass is 10.1. The number of benzene rings is 1. The molecule has 2 fully saturated rings. The quantitative estimate of drug-likeness (QED) is 0.497. The van der Waals surface area contributed by atoms with Gasteiger partial charge in [0.25, 0.3) is 0 Å². The van der Waals surface area contributed by atoms with Crippen LogP contribution in [0.4, 0.5) is 27.9 Å². The van der Waals surface area contributed by atoms with Crippen molar-refractivity contribution in [2.75, 3.05) is 41.7 Å². The number of nitrogens with zero attached hydrogens (tertiary/aromatic N) is 8. The zero-order chi connectivity index (χ0) is 23.8. The van der Waals surface area contributed by atoms with Gasteiger partial charge in [0.1, 0.15) is 6.07 Å². The maximum absolute atomic E-state index is 11.2. The van der Waals surface area contributed by atoms with Gasteiger partial charge in [-0.1, -0.05) is 11.6 Å². The molecule has 172 valence electrons. The van der Waals surface area contributed by atoms with E-state index in [2.05, 4.69) is 37.8 Å². The fourth-order valence-electron chi connectivity index (χ4n) is 3.78. The molecule has 34 heavy (non-hydrogen) atoms. The molecule has 3 aromatic rings. The summed E-state index contributed by atoms with van der Waals surface area (Å²) in [5, 5.41) is 39.3. The highest BCUT2D eigenvalue weighted by Gasteiger charge is 2.26. The number of carbonyl (C=O) groups is 1. The van der Waals surface area contributed by atoms with Gasteiger partial charge in [-0.2, -0.15) is 20.0 Å². The molecule has 1 aliphatic carbocycles. The Balaban J connectivity index is 1.50. The molecule has 3 heterocycles. The van der Waals surface area contributed by atoms with Gasteiger partial charge in [0.05, 0.1) is 34.2 Å². The minimum Gasteiger partial charge on any atom is -0.465 e. The second-order valence-corrected chi connectivity index (χ2v) is 8.42. The zero-order valence-electron chi connectivity index (χ0n) is 17.9. The molecule has 1 aromatic carbocycles. The number of carboxylic acid groups (broad SMARTS) is 1. The smallest absolute Gasteiger partial charge is 0.407 e. The summed E-state index contributed by atoms with van der Waals surface area (Å²) in [6.07, 6.45) is 2.53. The number of nitriles is 2. The Kier molecular flexibility index (Phi) is 5.43. The molecule has 0 unspecified atom stereocenters. The summed E-state index contributed by atoms with van der Waals surface area (Å²) in [7, 11) is 0. The first-order chi connectivity index (χ1) is 16.5. The molecule has 0 radical (unpaired) electrons. The molecule has 1 saturated carbocycles. The number of nitrogens with one attached hydrogen (secondary N) is 2. The Morgan fingerprint density at radius 2 is 1.94 bits per heavy atom. The Labute approximate surface area is 199 Å².